The highest BCUT2D eigenvalue weighted by atomic mass is 19.1. The summed E-state index contributed by atoms with van der Waals surface area (Å²) in [6.45, 7) is 1.04. The first-order chi connectivity index (χ1) is 7.83. The first-order valence-electron chi connectivity index (χ1n) is 5.71. The van der Waals surface area contributed by atoms with Crippen molar-refractivity contribution in [2.45, 2.75) is 25.4 Å². The van der Waals surface area contributed by atoms with Gasteiger partial charge in [0.15, 0.2) is 0 Å². The van der Waals surface area contributed by atoms with E-state index in [2.05, 4.69) is 10.4 Å². The lowest BCUT2D eigenvalue weighted by Gasteiger charge is -2.23. The van der Waals surface area contributed by atoms with Crippen molar-refractivity contribution in [2.24, 2.45) is 0 Å². The second kappa shape index (κ2) is 3.87. The lowest BCUT2D eigenvalue weighted by Crippen LogP contribution is -2.31. The van der Waals surface area contributed by atoms with Crippen LogP contribution in [0.2, 0.25) is 0 Å². The molecule has 1 fully saturated rings. The molecule has 0 radical (unpaired) electrons. The number of rotatable bonds is 1. The van der Waals surface area contributed by atoms with Crippen LogP contribution >= 0.6 is 0 Å². The Morgan fingerprint density at radius 3 is 3.12 bits per heavy atom. The SMILES string of the molecule is Fc1ccc2cn([C@@H]3CCCCN3)nc2c1. The predicted octanol–water partition coefficient (Wildman–Crippen LogP) is 2.45. The highest BCUT2D eigenvalue weighted by molar-refractivity contribution is 5.77. The van der Waals surface area contributed by atoms with E-state index in [1.54, 1.807) is 6.07 Å². The lowest BCUT2D eigenvalue weighted by molar-refractivity contribution is 0.299. The van der Waals surface area contributed by atoms with Gasteiger partial charge < -0.3 is 0 Å². The van der Waals surface area contributed by atoms with Gasteiger partial charge in [0.1, 0.15) is 12.0 Å². The summed E-state index contributed by atoms with van der Waals surface area (Å²) in [4.78, 5) is 0. The molecule has 1 atom stereocenters. The molecule has 0 unspecified atom stereocenters. The first-order valence-corrected chi connectivity index (χ1v) is 5.71. The molecule has 2 aromatic rings. The third-order valence-electron chi connectivity index (χ3n) is 3.09. The molecule has 16 heavy (non-hydrogen) atoms. The first kappa shape index (κ1) is 9.78. The minimum absolute atomic E-state index is 0.227. The Kier molecular flexibility index (Phi) is 2.36. The fraction of sp³-hybridized carbons (Fsp3) is 0.417. The number of piperidine rings is 1. The normalized spacial score (nSPS) is 21.4. The average Bonchev–Trinajstić information content (AvgIpc) is 2.73. The van der Waals surface area contributed by atoms with E-state index in [-0.39, 0.29) is 12.0 Å². The molecule has 3 nitrogen and oxygen atoms in total. The molecule has 1 aliphatic rings. The fourth-order valence-electron chi connectivity index (χ4n) is 2.23. The van der Waals surface area contributed by atoms with Crippen LogP contribution in [0.4, 0.5) is 4.39 Å². The monoisotopic (exact) mass is 219 g/mol. The molecular formula is C12H14FN3. The summed E-state index contributed by atoms with van der Waals surface area (Å²) in [6, 6.07) is 4.73. The van der Waals surface area contributed by atoms with Gasteiger partial charge >= 0.3 is 0 Å². The Morgan fingerprint density at radius 1 is 1.38 bits per heavy atom. The second-order valence-electron chi connectivity index (χ2n) is 4.28. The molecule has 0 saturated carbocycles. The molecule has 2 heterocycles. The van der Waals surface area contributed by atoms with Gasteiger partial charge in [0.25, 0.3) is 0 Å². The molecule has 1 N–H and O–H groups in total. The van der Waals surface area contributed by atoms with Crippen molar-refractivity contribution in [2.75, 3.05) is 6.54 Å². The molecular weight excluding hydrogens is 205 g/mol. The Balaban J connectivity index is 1.97. The van der Waals surface area contributed by atoms with E-state index < -0.39 is 0 Å². The minimum Gasteiger partial charge on any atom is -0.296 e. The summed E-state index contributed by atoms with van der Waals surface area (Å²) in [7, 11) is 0. The van der Waals surface area contributed by atoms with E-state index in [1.165, 1.54) is 25.0 Å². The Bertz CT molecular complexity index is 500. The zero-order valence-corrected chi connectivity index (χ0v) is 8.99. The zero-order valence-electron chi connectivity index (χ0n) is 8.99. The van der Waals surface area contributed by atoms with Crippen molar-refractivity contribution >= 4 is 10.9 Å². The maximum Gasteiger partial charge on any atom is 0.125 e. The van der Waals surface area contributed by atoms with E-state index in [0.717, 1.165) is 23.9 Å². The van der Waals surface area contributed by atoms with Crippen molar-refractivity contribution < 1.29 is 4.39 Å². The van der Waals surface area contributed by atoms with Crippen LogP contribution in [0.25, 0.3) is 10.9 Å². The van der Waals surface area contributed by atoms with Crippen LogP contribution < -0.4 is 5.32 Å². The molecule has 1 aromatic heterocycles. The van der Waals surface area contributed by atoms with E-state index in [1.807, 2.05) is 10.9 Å². The van der Waals surface area contributed by atoms with Crippen molar-refractivity contribution in [3.05, 3.63) is 30.2 Å². The number of benzene rings is 1. The third-order valence-corrected chi connectivity index (χ3v) is 3.09. The van der Waals surface area contributed by atoms with Crippen molar-refractivity contribution in [3.63, 3.8) is 0 Å². The summed E-state index contributed by atoms with van der Waals surface area (Å²) >= 11 is 0. The highest BCUT2D eigenvalue weighted by Crippen LogP contribution is 2.20. The number of halogens is 1. The van der Waals surface area contributed by atoms with E-state index >= 15 is 0 Å². The molecule has 84 valence electrons. The Morgan fingerprint density at radius 2 is 2.31 bits per heavy atom. The van der Waals surface area contributed by atoms with Gasteiger partial charge in [0.2, 0.25) is 0 Å². The van der Waals surface area contributed by atoms with Crippen LogP contribution in [0.1, 0.15) is 25.4 Å². The largest absolute Gasteiger partial charge is 0.296 e. The summed E-state index contributed by atoms with van der Waals surface area (Å²) < 4.78 is 14.9. The number of hydrogen-bond donors (Lipinski definition) is 1. The van der Waals surface area contributed by atoms with Gasteiger partial charge in [0, 0.05) is 17.6 Å². The predicted molar refractivity (Wildman–Crippen MR) is 60.6 cm³/mol. The number of aromatic nitrogens is 2. The number of hydrogen-bond acceptors (Lipinski definition) is 2. The van der Waals surface area contributed by atoms with Gasteiger partial charge in [-0.05, 0) is 37.9 Å². The van der Waals surface area contributed by atoms with Crippen LogP contribution in [0.3, 0.4) is 0 Å². The van der Waals surface area contributed by atoms with Crippen molar-refractivity contribution in [3.8, 4) is 0 Å². The van der Waals surface area contributed by atoms with E-state index in [0.29, 0.717) is 0 Å². The Hall–Kier alpha value is -1.42. The van der Waals surface area contributed by atoms with Crippen molar-refractivity contribution in [1.29, 1.82) is 0 Å². The smallest absolute Gasteiger partial charge is 0.125 e. The van der Waals surface area contributed by atoms with Crippen LogP contribution in [-0.2, 0) is 0 Å². The molecule has 0 bridgehead atoms. The lowest BCUT2D eigenvalue weighted by atomic mass is 10.1. The van der Waals surface area contributed by atoms with Crippen molar-refractivity contribution in [1.82, 2.24) is 15.1 Å². The molecule has 0 spiro atoms. The van der Waals surface area contributed by atoms with E-state index in [4.69, 9.17) is 0 Å². The van der Waals surface area contributed by atoms with Crippen LogP contribution in [0.15, 0.2) is 24.4 Å². The molecule has 0 amide bonds. The zero-order chi connectivity index (χ0) is 11.0. The average molecular weight is 219 g/mol. The van der Waals surface area contributed by atoms with E-state index in [9.17, 15) is 4.39 Å². The number of nitrogens with zero attached hydrogens (tertiary/aromatic N) is 2. The number of fused-ring (bicyclic) bond motifs is 1. The Labute approximate surface area is 93.3 Å². The molecule has 4 heteroatoms. The summed E-state index contributed by atoms with van der Waals surface area (Å²) in [5, 5.41) is 8.82. The summed E-state index contributed by atoms with van der Waals surface area (Å²) in [5.74, 6) is -0.227. The summed E-state index contributed by atoms with van der Waals surface area (Å²) in [5.41, 5.74) is 0.729. The molecule has 1 aliphatic heterocycles. The third kappa shape index (κ3) is 1.69. The maximum atomic E-state index is 13.0. The second-order valence-corrected chi connectivity index (χ2v) is 4.28. The fourth-order valence-corrected chi connectivity index (χ4v) is 2.23. The molecule has 0 aliphatic carbocycles. The molecule has 3 rings (SSSR count). The highest BCUT2D eigenvalue weighted by Gasteiger charge is 2.15. The molecule has 1 aromatic carbocycles. The van der Waals surface area contributed by atoms with Gasteiger partial charge in [-0.25, -0.2) is 4.39 Å². The minimum atomic E-state index is -0.227. The van der Waals surface area contributed by atoms with Gasteiger partial charge in [0.05, 0.1) is 5.52 Å². The van der Waals surface area contributed by atoms with Gasteiger partial charge in [-0.1, -0.05) is 0 Å². The quantitative estimate of drug-likeness (QED) is 0.798. The van der Waals surface area contributed by atoms with Gasteiger partial charge in [-0.15, -0.1) is 0 Å². The molecule has 1 saturated heterocycles. The topological polar surface area (TPSA) is 29.9 Å². The number of nitrogens with one attached hydrogen (secondary N) is 1. The van der Waals surface area contributed by atoms with Crippen LogP contribution in [0, 0.1) is 5.82 Å². The van der Waals surface area contributed by atoms with Crippen LogP contribution in [-0.4, -0.2) is 16.3 Å². The van der Waals surface area contributed by atoms with Gasteiger partial charge in [-0.2, -0.15) is 5.10 Å². The maximum absolute atomic E-state index is 13.0. The van der Waals surface area contributed by atoms with Crippen LogP contribution in [0.5, 0.6) is 0 Å². The van der Waals surface area contributed by atoms with Gasteiger partial charge in [-0.3, -0.25) is 10.00 Å². The standard InChI is InChI=1S/C12H14FN3/c13-10-5-4-9-8-16(15-11(9)7-10)12-3-1-2-6-14-12/h4-5,7-8,12,14H,1-3,6H2/t12-/m1/s1. The summed E-state index contributed by atoms with van der Waals surface area (Å²) in [6.07, 6.45) is 5.80.